The molecule has 1 aliphatic rings. The van der Waals surface area contributed by atoms with Crippen molar-refractivity contribution in [1.29, 1.82) is 0 Å². The van der Waals surface area contributed by atoms with E-state index in [-0.39, 0.29) is 31.5 Å². The summed E-state index contributed by atoms with van der Waals surface area (Å²) in [5.41, 5.74) is 1.87. The van der Waals surface area contributed by atoms with Crippen LogP contribution in [0.25, 0.3) is 0 Å². The number of amides is 1. The zero-order valence-corrected chi connectivity index (χ0v) is 29.4. The number of rotatable bonds is 15. The Hall–Kier alpha value is -4.78. The van der Waals surface area contributed by atoms with Crippen molar-refractivity contribution >= 4 is 23.2 Å². The van der Waals surface area contributed by atoms with Gasteiger partial charge in [-0.15, -0.1) is 0 Å². The number of ether oxygens (including phenoxy) is 5. The number of aliphatic hydroxyl groups is 1. The summed E-state index contributed by atoms with van der Waals surface area (Å²) in [4.78, 5) is 13.1. The molecule has 1 aliphatic heterocycles. The van der Waals surface area contributed by atoms with E-state index in [4.69, 9.17) is 35.9 Å². The second kappa shape index (κ2) is 18.6. The maximum absolute atomic E-state index is 13.1. The van der Waals surface area contributed by atoms with Gasteiger partial charge in [-0.1, -0.05) is 140 Å². The molecular formula is C42H42N2O7S. The van der Waals surface area contributed by atoms with E-state index >= 15 is 0 Å². The summed E-state index contributed by atoms with van der Waals surface area (Å²) >= 11 is 5.64. The Labute approximate surface area is 309 Å². The Morgan fingerprint density at radius 1 is 0.635 bits per heavy atom. The number of hydrogen-bond acceptors (Lipinski definition) is 8. The van der Waals surface area contributed by atoms with Crippen LogP contribution in [-0.4, -0.2) is 53.1 Å². The van der Waals surface area contributed by atoms with Crippen molar-refractivity contribution in [3.63, 3.8) is 0 Å². The Kier molecular flexibility index (Phi) is 13.3. The highest BCUT2D eigenvalue weighted by Gasteiger charge is 2.58. The summed E-state index contributed by atoms with van der Waals surface area (Å²) in [6.07, 6.45) is -4.17. The first kappa shape index (κ1) is 37.0. The van der Waals surface area contributed by atoms with Gasteiger partial charge >= 0.3 is 0 Å². The van der Waals surface area contributed by atoms with Gasteiger partial charge in [-0.05, 0) is 46.6 Å². The number of benzene rings is 5. The second-order valence-corrected chi connectivity index (χ2v) is 12.8. The molecule has 0 aromatic heterocycles. The molecule has 52 heavy (non-hydrogen) atoms. The number of hydrogen-bond donors (Lipinski definition) is 3. The molecule has 5 aromatic rings. The number of thiocarbonyl (C=S) groups is 1. The molecule has 1 amide bonds. The molecular weight excluding hydrogens is 677 g/mol. The van der Waals surface area contributed by atoms with Gasteiger partial charge in [0.1, 0.15) is 18.3 Å². The maximum Gasteiger partial charge on any atom is 0.257 e. The Bertz CT molecular complexity index is 1820. The van der Waals surface area contributed by atoms with Crippen molar-refractivity contribution in [2.24, 2.45) is 0 Å². The molecule has 0 bridgehead atoms. The van der Waals surface area contributed by atoms with E-state index in [0.717, 1.165) is 22.3 Å². The molecule has 1 saturated heterocycles. The van der Waals surface area contributed by atoms with E-state index in [1.165, 1.54) is 0 Å². The molecule has 0 radical (unpaired) electrons. The van der Waals surface area contributed by atoms with Crippen molar-refractivity contribution in [2.75, 3.05) is 6.61 Å². The van der Waals surface area contributed by atoms with E-state index in [1.807, 2.05) is 127 Å². The quantitative estimate of drug-likeness (QED) is 0.0849. The maximum atomic E-state index is 13.1. The van der Waals surface area contributed by atoms with E-state index < -0.39 is 36.2 Å². The Morgan fingerprint density at radius 3 is 1.60 bits per heavy atom. The van der Waals surface area contributed by atoms with Crippen LogP contribution in [0.3, 0.4) is 0 Å². The van der Waals surface area contributed by atoms with Gasteiger partial charge in [0.25, 0.3) is 5.91 Å². The summed E-state index contributed by atoms with van der Waals surface area (Å²) < 4.78 is 32.4. The zero-order valence-electron chi connectivity index (χ0n) is 28.6. The fraction of sp³-hybridized carbons (Fsp3) is 0.238. The molecule has 5 aromatic carbocycles. The minimum atomic E-state index is -2.16. The minimum Gasteiger partial charge on any atom is -0.374 e. The van der Waals surface area contributed by atoms with Crippen molar-refractivity contribution in [2.45, 2.75) is 56.8 Å². The summed E-state index contributed by atoms with van der Waals surface area (Å²) in [5, 5.41) is 18.3. The lowest BCUT2D eigenvalue weighted by molar-refractivity contribution is -0.363. The third-order valence-electron chi connectivity index (χ3n) is 8.53. The van der Waals surface area contributed by atoms with Crippen molar-refractivity contribution in [3.8, 4) is 0 Å². The van der Waals surface area contributed by atoms with E-state index in [0.29, 0.717) is 12.2 Å². The molecule has 9 nitrogen and oxygen atoms in total. The summed E-state index contributed by atoms with van der Waals surface area (Å²) in [6, 6.07) is 47.3. The van der Waals surface area contributed by atoms with Crippen LogP contribution in [0.5, 0.6) is 0 Å². The van der Waals surface area contributed by atoms with Gasteiger partial charge in [0, 0.05) is 5.56 Å². The monoisotopic (exact) mass is 718 g/mol. The second-order valence-electron chi connectivity index (χ2n) is 12.4. The highest BCUT2D eigenvalue weighted by molar-refractivity contribution is 7.80. The largest absolute Gasteiger partial charge is 0.374 e. The summed E-state index contributed by atoms with van der Waals surface area (Å²) in [7, 11) is 0. The van der Waals surface area contributed by atoms with Crippen LogP contribution in [0.15, 0.2) is 152 Å². The predicted molar refractivity (Wildman–Crippen MR) is 201 cm³/mol. The lowest BCUT2D eigenvalue weighted by Gasteiger charge is -2.51. The predicted octanol–water partition coefficient (Wildman–Crippen LogP) is 6.31. The topological polar surface area (TPSA) is 108 Å². The van der Waals surface area contributed by atoms with Crippen LogP contribution in [0.1, 0.15) is 32.6 Å². The molecule has 5 atom stereocenters. The van der Waals surface area contributed by atoms with Gasteiger partial charge < -0.3 is 34.1 Å². The van der Waals surface area contributed by atoms with Gasteiger partial charge in [0.2, 0.25) is 12.0 Å². The molecule has 1 fully saturated rings. The first-order chi connectivity index (χ1) is 25.5. The molecule has 6 rings (SSSR count). The average Bonchev–Trinajstić information content (AvgIpc) is 3.18. The molecule has 0 saturated carbocycles. The molecule has 268 valence electrons. The SMILES string of the molecule is O=C(NC(=S)N[C@]1(O)[C@H](OCc2ccccc2)O[C@H](COCc2ccccc2)[C@@H](OCc2ccccc2)[C@@H]1OCc1ccccc1)c1ccccc1. The summed E-state index contributed by atoms with van der Waals surface area (Å²) in [6.45, 7) is 0.825. The fourth-order valence-electron chi connectivity index (χ4n) is 5.88. The van der Waals surface area contributed by atoms with Gasteiger partial charge in [0.15, 0.2) is 5.11 Å². The third kappa shape index (κ3) is 10.2. The van der Waals surface area contributed by atoms with E-state index in [9.17, 15) is 9.90 Å². The first-order valence-electron chi connectivity index (χ1n) is 17.1. The van der Waals surface area contributed by atoms with Crippen molar-refractivity contribution in [3.05, 3.63) is 179 Å². The standard InChI is InChI=1S/C42H42N2O7S/c45-39(35-24-14-5-15-25-35)43-41(52)44-42(46)38(49-28-33-20-10-3-11-21-33)37(48-27-32-18-8-2-9-19-32)36(30-47-26-31-16-6-1-7-17-31)51-40(42)50-29-34-22-12-4-13-23-34/h1-25,36-38,40,46H,26-30H2,(H2,43,44,45,52)/t36-,37-,38+,40-,42-/m1/s1. The molecule has 0 aliphatic carbocycles. The molecule has 10 heteroatoms. The molecule has 1 heterocycles. The van der Waals surface area contributed by atoms with Crippen LogP contribution in [0, 0.1) is 0 Å². The third-order valence-corrected chi connectivity index (χ3v) is 8.73. The first-order valence-corrected chi connectivity index (χ1v) is 17.5. The van der Waals surface area contributed by atoms with E-state index in [2.05, 4.69) is 10.6 Å². The van der Waals surface area contributed by atoms with Crippen LogP contribution < -0.4 is 10.6 Å². The Morgan fingerprint density at radius 2 is 1.08 bits per heavy atom. The van der Waals surface area contributed by atoms with Gasteiger partial charge in [0.05, 0.1) is 33.0 Å². The lowest BCUT2D eigenvalue weighted by atomic mass is 9.92. The smallest absolute Gasteiger partial charge is 0.257 e. The number of carbonyl (C=O) groups is 1. The zero-order chi connectivity index (χ0) is 36.0. The highest BCUT2D eigenvalue weighted by atomic mass is 32.1. The molecule has 0 spiro atoms. The number of nitrogens with one attached hydrogen (secondary N) is 2. The van der Waals surface area contributed by atoms with Gasteiger partial charge in [-0.25, -0.2) is 0 Å². The molecule has 0 unspecified atom stereocenters. The van der Waals surface area contributed by atoms with Crippen molar-refractivity contribution in [1.82, 2.24) is 10.6 Å². The van der Waals surface area contributed by atoms with Gasteiger partial charge in [-0.2, -0.15) is 0 Å². The normalized spacial score (nSPS) is 21.2. The van der Waals surface area contributed by atoms with Crippen LogP contribution in [0.4, 0.5) is 0 Å². The Balaban J connectivity index is 1.34. The molecule has 3 N–H and O–H groups in total. The highest BCUT2D eigenvalue weighted by Crippen LogP contribution is 2.35. The minimum absolute atomic E-state index is 0.0933. The number of carbonyl (C=O) groups excluding carboxylic acids is 1. The summed E-state index contributed by atoms with van der Waals surface area (Å²) in [5.74, 6) is -0.453. The van der Waals surface area contributed by atoms with E-state index in [1.54, 1.807) is 24.3 Å². The van der Waals surface area contributed by atoms with Crippen LogP contribution in [0.2, 0.25) is 0 Å². The van der Waals surface area contributed by atoms with Crippen LogP contribution >= 0.6 is 12.2 Å². The fourth-order valence-corrected chi connectivity index (χ4v) is 6.14. The lowest BCUT2D eigenvalue weighted by Crippen LogP contribution is -2.75. The average molecular weight is 719 g/mol. The van der Waals surface area contributed by atoms with Gasteiger partial charge in [-0.3, -0.25) is 10.1 Å². The van der Waals surface area contributed by atoms with Crippen molar-refractivity contribution < 1.29 is 33.6 Å². The van der Waals surface area contributed by atoms with Crippen LogP contribution in [-0.2, 0) is 50.1 Å².